The Morgan fingerprint density at radius 2 is 1.35 bits per heavy atom. The third-order valence-electron chi connectivity index (χ3n) is 9.62. The van der Waals surface area contributed by atoms with Crippen LogP contribution in [0.5, 0.6) is 5.75 Å². The highest BCUT2D eigenvalue weighted by atomic mass is 35.5. The lowest BCUT2D eigenvalue weighted by Gasteiger charge is -2.40. The number of nitrogens with zero attached hydrogens (tertiary/aromatic N) is 6. The molecule has 3 aliphatic heterocycles. The summed E-state index contributed by atoms with van der Waals surface area (Å²) in [6, 6.07) is 15.5. The largest absolute Gasteiger partial charge is 0.493 e. The number of hydrogen-bond acceptors (Lipinski definition) is 6. The number of amides is 4. The van der Waals surface area contributed by atoms with Gasteiger partial charge in [-0.25, -0.2) is 4.79 Å². The fourth-order valence-corrected chi connectivity index (χ4v) is 7.08. The molecule has 2 unspecified atom stereocenters. The number of aliphatic imine (C=N–C) groups is 1. The summed E-state index contributed by atoms with van der Waals surface area (Å²) in [5, 5.41) is 1.00. The molecule has 2 atom stereocenters. The Bertz CT molecular complexity index is 1810. The summed E-state index contributed by atoms with van der Waals surface area (Å²) in [5.74, 6) is 0.0632. The highest BCUT2D eigenvalue weighted by Crippen LogP contribution is 2.46. The van der Waals surface area contributed by atoms with Crippen molar-refractivity contribution in [1.29, 1.82) is 0 Å². The maximum Gasteiger partial charge on any atom is 0.416 e. The van der Waals surface area contributed by atoms with Gasteiger partial charge in [0.2, 0.25) is 11.8 Å². The minimum Gasteiger partial charge on any atom is -0.493 e. The van der Waals surface area contributed by atoms with Gasteiger partial charge in [-0.15, -0.1) is 0 Å². The Labute approximate surface area is 310 Å². The molecule has 2 fully saturated rings. The molecular weight excluding hydrogens is 720 g/mol. The number of carbonyl (C=O) groups is 3. The van der Waals surface area contributed by atoms with Crippen LogP contribution in [0.4, 0.5) is 18.0 Å². The zero-order valence-corrected chi connectivity index (χ0v) is 30.3. The highest BCUT2D eigenvalue weighted by Gasteiger charge is 2.45. The van der Waals surface area contributed by atoms with Crippen molar-refractivity contribution in [3.8, 4) is 5.75 Å². The number of amidine groups is 1. The summed E-state index contributed by atoms with van der Waals surface area (Å²) in [7, 11) is 0. The van der Waals surface area contributed by atoms with Gasteiger partial charge >= 0.3 is 12.2 Å². The lowest BCUT2D eigenvalue weighted by atomic mass is 9.93. The van der Waals surface area contributed by atoms with Crippen LogP contribution in [-0.4, -0.2) is 114 Å². The van der Waals surface area contributed by atoms with Crippen molar-refractivity contribution in [2.45, 2.75) is 32.1 Å². The molecule has 3 heterocycles. The van der Waals surface area contributed by atoms with Gasteiger partial charge in [0.15, 0.2) is 0 Å². The zero-order chi connectivity index (χ0) is 37.2. The van der Waals surface area contributed by atoms with E-state index in [1.165, 1.54) is 17.9 Å². The van der Waals surface area contributed by atoms with E-state index in [-0.39, 0.29) is 55.2 Å². The molecule has 0 saturated carbocycles. The predicted molar refractivity (Wildman–Crippen MR) is 192 cm³/mol. The summed E-state index contributed by atoms with van der Waals surface area (Å²) in [6.45, 7) is 6.93. The minimum absolute atomic E-state index is 0.0168. The van der Waals surface area contributed by atoms with Gasteiger partial charge in [0.1, 0.15) is 17.6 Å². The average Bonchev–Trinajstić information content (AvgIpc) is 3.52. The van der Waals surface area contributed by atoms with Crippen molar-refractivity contribution in [3.05, 3.63) is 99.0 Å². The van der Waals surface area contributed by atoms with E-state index in [2.05, 4.69) is 0 Å². The van der Waals surface area contributed by atoms with Crippen LogP contribution in [0.25, 0.3) is 0 Å². The van der Waals surface area contributed by atoms with Crippen molar-refractivity contribution in [3.63, 3.8) is 0 Å². The second-order valence-corrected chi connectivity index (χ2v) is 13.8. The second-order valence-electron chi connectivity index (χ2n) is 12.9. The van der Waals surface area contributed by atoms with Gasteiger partial charge < -0.3 is 19.4 Å². The average molecular weight is 760 g/mol. The smallest absolute Gasteiger partial charge is 0.416 e. The first-order valence-electron chi connectivity index (χ1n) is 17.1. The van der Waals surface area contributed by atoms with Gasteiger partial charge in [-0.1, -0.05) is 47.5 Å². The van der Waals surface area contributed by atoms with Gasteiger partial charge in [-0.3, -0.25) is 24.4 Å². The van der Waals surface area contributed by atoms with Gasteiger partial charge in [0.25, 0.3) is 0 Å². The zero-order valence-electron chi connectivity index (χ0n) is 28.8. The van der Waals surface area contributed by atoms with E-state index in [9.17, 15) is 27.6 Å². The van der Waals surface area contributed by atoms with E-state index in [4.69, 9.17) is 32.9 Å². The van der Waals surface area contributed by atoms with Gasteiger partial charge in [-0.2, -0.15) is 13.2 Å². The van der Waals surface area contributed by atoms with Gasteiger partial charge in [0, 0.05) is 69.3 Å². The van der Waals surface area contributed by atoms with E-state index < -0.39 is 29.9 Å². The number of ether oxygens (including phenoxy) is 1. The van der Waals surface area contributed by atoms with Crippen LogP contribution in [0.2, 0.25) is 10.0 Å². The van der Waals surface area contributed by atoms with E-state index in [1.54, 1.807) is 58.0 Å². The number of hydrogen-bond donors (Lipinski definition) is 0. The molecule has 276 valence electrons. The normalized spacial score (nSPS) is 19.9. The third-order valence-corrected chi connectivity index (χ3v) is 10.1. The summed E-state index contributed by atoms with van der Waals surface area (Å²) in [6.07, 6.45) is -4.62. The number of benzene rings is 3. The first-order chi connectivity index (χ1) is 24.8. The number of carbonyl (C=O) groups excluding carboxylic acids is 3. The van der Waals surface area contributed by atoms with Gasteiger partial charge in [0.05, 0.1) is 30.3 Å². The van der Waals surface area contributed by atoms with E-state index in [0.29, 0.717) is 54.9 Å². The maximum absolute atomic E-state index is 14.8. The molecule has 10 nitrogen and oxygen atoms in total. The number of halogens is 5. The fourth-order valence-electron chi connectivity index (χ4n) is 6.82. The van der Waals surface area contributed by atoms with Crippen LogP contribution in [-0.2, 0) is 15.8 Å². The van der Waals surface area contributed by atoms with E-state index in [1.807, 2.05) is 17.0 Å². The lowest BCUT2D eigenvalue weighted by Crippen LogP contribution is -2.57. The van der Waals surface area contributed by atoms with Crippen LogP contribution >= 0.6 is 23.2 Å². The Morgan fingerprint density at radius 1 is 0.788 bits per heavy atom. The standard InChI is InChI=1S/C37H39Cl2F3N6O4/c1-3-52-31-22-27(37(40,41)42)8-13-30(31)35-43-33(25-4-9-28(38)10-5-25)34(26-6-11-29(39)12-7-26)48(35)36(51)47-20-18-46(19-21-47)32(50)23-44-14-16-45(17-15-44)24(2)49/h4-13,22,33-34H,3,14-21,23H2,1-2H3. The molecule has 52 heavy (non-hydrogen) atoms. The second kappa shape index (κ2) is 15.7. The molecule has 2 saturated heterocycles. The Kier molecular flexibility index (Phi) is 11.3. The van der Waals surface area contributed by atoms with Crippen LogP contribution in [0.1, 0.15) is 48.2 Å². The number of rotatable bonds is 7. The molecule has 6 rings (SSSR count). The third kappa shape index (κ3) is 8.16. The van der Waals surface area contributed by atoms with Gasteiger partial charge in [-0.05, 0) is 60.5 Å². The Balaban J connectivity index is 1.32. The molecule has 15 heteroatoms. The van der Waals surface area contributed by atoms with Crippen LogP contribution in [0.15, 0.2) is 71.7 Å². The fraction of sp³-hybridized carbons (Fsp3) is 0.405. The van der Waals surface area contributed by atoms with Crippen LogP contribution < -0.4 is 4.74 Å². The Morgan fingerprint density at radius 3 is 1.90 bits per heavy atom. The molecule has 0 aliphatic carbocycles. The van der Waals surface area contributed by atoms with E-state index in [0.717, 1.165) is 17.7 Å². The SMILES string of the molecule is CCOc1cc(C(F)(F)F)ccc1C1=NC(c2ccc(Cl)cc2)C(c2ccc(Cl)cc2)N1C(=O)N1CCN(C(=O)CN2CCN(C(C)=O)CC2)CC1. The molecule has 0 aromatic heterocycles. The van der Waals surface area contributed by atoms with Crippen LogP contribution in [0.3, 0.4) is 0 Å². The van der Waals surface area contributed by atoms with Crippen molar-refractivity contribution < 1.29 is 32.3 Å². The molecule has 3 aromatic carbocycles. The summed E-state index contributed by atoms with van der Waals surface area (Å²) < 4.78 is 47.3. The van der Waals surface area contributed by atoms with Crippen molar-refractivity contribution in [2.75, 3.05) is 65.5 Å². The van der Waals surface area contributed by atoms with E-state index >= 15 is 0 Å². The minimum atomic E-state index is -4.62. The molecule has 0 spiro atoms. The van der Waals surface area contributed by atoms with Crippen molar-refractivity contribution in [2.24, 2.45) is 4.99 Å². The monoisotopic (exact) mass is 758 g/mol. The topological polar surface area (TPSA) is 89.0 Å². The molecular formula is C37H39Cl2F3N6O4. The molecule has 3 aromatic rings. The molecule has 0 N–H and O–H groups in total. The lowest BCUT2D eigenvalue weighted by molar-refractivity contribution is -0.138. The Hall–Kier alpha value is -4.33. The van der Waals surface area contributed by atoms with Crippen molar-refractivity contribution in [1.82, 2.24) is 24.5 Å². The molecule has 0 bridgehead atoms. The summed E-state index contributed by atoms with van der Waals surface area (Å²) >= 11 is 12.5. The van der Waals surface area contributed by atoms with Crippen LogP contribution in [0, 0.1) is 0 Å². The quantitative estimate of drug-likeness (QED) is 0.279. The first kappa shape index (κ1) is 37.4. The highest BCUT2D eigenvalue weighted by molar-refractivity contribution is 6.30. The molecule has 3 aliphatic rings. The number of alkyl halides is 3. The summed E-state index contributed by atoms with van der Waals surface area (Å²) in [4.78, 5) is 53.5. The number of piperazine rings is 2. The predicted octanol–water partition coefficient (Wildman–Crippen LogP) is 6.38. The summed E-state index contributed by atoms with van der Waals surface area (Å²) in [5.41, 5.74) is 0.792. The molecule has 0 radical (unpaired) electrons. The molecule has 4 amide bonds. The number of urea groups is 1. The van der Waals surface area contributed by atoms with Crippen molar-refractivity contribution >= 4 is 46.9 Å². The first-order valence-corrected chi connectivity index (χ1v) is 17.9. The maximum atomic E-state index is 14.8.